The van der Waals surface area contributed by atoms with Crippen LogP contribution in [0.15, 0.2) is 52.5 Å². The fraction of sp³-hybridized carbons (Fsp3) is 0.581. The fourth-order valence-corrected chi connectivity index (χ4v) is 12.6. The number of ketones is 5. The van der Waals surface area contributed by atoms with Crippen molar-refractivity contribution in [3.05, 3.63) is 63.6 Å². The van der Waals surface area contributed by atoms with Crippen molar-refractivity contribution in [1.82, 2.24) is 4.90 Å². The number of aliphatic hydroxyl groups is 7. The van der Waals surface area contributed by atoms with E-state index in [1.165, 1.54) is 44.1 Å². The summed E-state index contributed by atoms with van der Waals surface area (Å²) in [6.07, 6.45) is 3.95. The van der Waals surface area contributed by atoms with Gasteiger partial charge in [0.1, 0.15) is 40.8 Å². The first-order valence-corrected chi connectivity index (χ1v) is 19.9. The molecule has 0 bridgehead atoms. The zero-order valence-electron chi connectivity index (χ0n) is 33.6. The highest BCUT2D eigenvalue weighted by Gasteiger charge is 2.70. The van der Waals surface area contributed by atoms with Gasteiger partial charge in [-0.05, 0) is 88.1 Å². The van der Waals surface area contributed by atoms with Gasteiger partial charge in [0.25, 0.3) is 5.91 Å². The van der Waals surface area contributed by atoms with Crippen LogP contribution in [-0.4, -0.2) is 125 Å². The average molecular weight is 821 g/mol. The summed E-state index contributed by atoms with van der Waals surface area (Å²) in [7, 11) is 2.85. The summed E-state index contributed by atoms with van der Waals surface area (Å²) in [6.45, 7) is 4.56. The van der Waals surface area contributed by atoms with E-state index < -0.39 is 104 Å². The normalized spacial score (nSPS) is 41.1. The van der Waals surface area contributed by atoms with E-state index in [0.29, 0.717) is 25.7 Å². The number of phenols is 1. The average Bonchev–Trinajstić information content (AvgIpc) is 3.43. The minimum atomic E-state index is -3.02. The summed E-state index contributed by atoms with van der Waals surface area (Å²) >= 11 is 0. The number of nitrogens with zero attached hydrogens (tertiary/aromatic N) is 1. The first kappa shape index (κ1) is 42.5. The maximum Gasteiger partial charge on any atom is 0.255 e. The maximum absolute atomic E-state index is 13.3. The molecule has 10 N–H and O–H groups in total. The van der Waals surface area contributed by atoms with Crippen molar-refractivity contribution < 1.29 is 69.6 Å². The molecular weight excluding hydrogens is 768 g/mol. The third-order valence-electron chi connectivity index (χ3n) is 15.4. The van der Waals surface area contributed by atoms with Gasteiger partial charge in [0.15, 0.2) is 23.0 Å². The molecule has 0 radical (unpaired) electrons. The van der Waals surface area contributed by atoms with Crippen LogP contribution in [0, 0.1) is 40.4 Å². The Morgan fingerprint density at radius 1 is 0.932 bits per heavy atom. The van der Waals surface area contributed by atoms with Gasteiger partial charge in [-0.2, -0.15) is 0 Å². The molecule has 1 aromatic carbocycles. The van der Waals surface area contributed by atoms with Crippen LogP contribution in [0.3, 0.4) is 0 Å². The number of allylic oxidation sites excluding steroid dienone is 1. The van der Waals surface area contributed by atoms with Crippen molar-refractivity contribution in [3.8, 4) is 5.75 Å². The molecule has 3 fully saturated rings. The molecule has 7 aliphatic rings. The molecule has 1 amide bonds. The van der Waals surface area contributed by atoms with E-state index in [0.717, 1.165) is 18.4 Å². The molecule has 16 nitrogen and oxygen atoms in total. The smallest absolute Gasteiger partial charge is 0.255 e. The summed E-state index contributed by atoms with van der Waals surface area (Å²) in [5, 5.41) is 87.0. The van der Waals surface area contributed by atoms with Crippen LogP contribution in [0.1, 0.15) is 81.6 Å². The number of aliphatic hydroxyl groups excluding tert-OH is 4. The molecule has 8 rings (SSSR count). The Labute approximate surface area is 339 Å². The number of carbonyl (C=O) groups is 6. The van der Waals surface area contributed by atoms with Gasteiger partial charge in [-0.25, -0.2) is 0 Å². The SMILES string of the molecule is CN(C)[C@@H]1C(O)=C(C(N)=O)C(=O)[C@@]2(O)C(O)=C3C(=O)c4c(O)cccc4[C@@](C)(O)[C@H]3[C@H](O)[C@@H]12.C[C@]12CCC(=O)C=C1CC[C@@H]1[C@@H]2C(=O)C[C@@]2(C)[C@H]1CC[C@]2(O)C(=O)CO. The van der Waals surface area contributed by atoms with E-state index >= 15 is 0 Å². The van der Waals surface area contributed by atoms with Crippen LogP contribution in [0.25, 0.3) is 0 Å². The molecule has 16 heteroatoms. The van der Waals surface area contributed by atoms with Crippen molar-refractivity contribution in [2.75, 3.05) is 20.7 Å². The second-order valence-corrected chi connectivity index (χ2v) is 18.4. The second-order valence-electron chi connectivity index (χ2n) is 18.4. The number of amides is 1. The van der Waals surface area contributed by atoms with E-state index in [1.54, 1.807) is 6.08 Å². The van der Waals surface area contributed by atoms with Gasteiger partial charge in [-0.1, -0.05) is 31.6 Å². The Balaban J connectivity index is 0.000000184. The number of benzene rings is 1. The first-order valence-electron chi connectivity index (χ1n) is 19.9. The topological polar surface area (TPSA) is 294 Å². The molecule has 0 aliphatic heterocycles. The summed E-state index contributed by atoms with van der Waals surface area (Å²) in [4.78, 5) is 77.3. The molecule has 12 atom stereocenters. The molecule has 318 valence electrons. The molecule has 0 aromatic heterocycles. The quantitative estimate of drug-likeness (QED) is 0.189. The van der Waals surface area contributed by atoms with Gasteiger partial charge in [-0.15, -0.1) is 0 Å². The number of rotatable bonds is 4. The van der Waals surface area contributed by atoms with Gasteiger partial charge >= 0.3 is 0 Å². The van der Waals surface area contributed by atoms with Gasteiger partial charge in [0, 0.05) is 24.2 Å². The highest BCUT2D eigenvalue weighted by molar-refractivity contribution is 6.25. The van der Waals surface area contributed by atoms with Crippen LogP contribution >= 0.6 is 0 Å². The predicted octanol–water partition coefficient (Wildman–Crippen LogP) is 0.746. The lowest BCUT2D eigenvalue weighted by molar-refractivity contribution is -0.173. The van der Waals surface area contributed by atoms with Crippen molar-refractivity contribution >= 4 is 34.8 Å². The number of likely N-dealkylation sites (N-methyl/N-ethyl adjacent to an activating group) is 1. The second kappa shape index (κ2) is 13.7. The molecule has 0 unspecified atom stereocenters. The molecule has 1 aromatic rings. The Bertz CT molecular complexity index is 2200. The van der Waals surface area contributed by atoms with Gasteiger partial charge in [0.05, 0.1) is 40.7 Å². The largest absolute Gasteiger partial charge is 0.510 e. The Morgan fingerprint density at radius 3 is 2.20 bits per heavy atom. The van der Waals surface area contributed by atoms with Crippen LogP contribution in [0.4, 0.5) is 0 Å². The molecule has 0 heterocycles. The number of primary amides is 1. The van der Waals surface area contributed by atoms with Crippen LogP contribution in [-0.2, 0) is 29.6 Å². The lowest BCUT2D eigenvalue weighted by atomic mass is 9.46. The molecular formula is C43H52N2O14. The highest BCUT2D eigenvalue weighted by atomic mass is 16.4. The molecule has 3 saturated carbocycles. The molecule has 0 spiro atoms. The number of carbonyl (C=O) groups excluding carboxylic acids is 6. The summed E-state index contributed by atoms with van der Waals surface area (Å²) in [5.74, 6) is -9.84. The minimum absolute atomic E-state index is 0.0281. The number of phenolic OH excluding ortho intramolecular Hbond substituents is 1. The van der Waals surface area contributed by atoms with Gasteiger partial charge < -0.3 is 46.6 Å². The van der Waals surface area contributed by atoms with Crippen molar-refractivity contribution in [2.45, 2.75) is 94.7 Å². The van der Waals surface area contributed by atoms with E-state index in [4.69, 9.17) is 5.73 Å². The van der Waals surface area contributed by atoms with E-state index in [-0.39, 0.29) is 52.3 Å². The summed E-state index contributed by atoms with van der Waals surface area (Å²) in [6, 6.07) is 2.54. The zero-order chi connectivity index (χ0) is 43.7. The molecule has 0 saturated heterocycles. The van der Waals surface area contributed by atoms with Crippen LogP contribution < -0.4 is 5.73 Å². The number of nitrogens with two attached hydrogens (primary N) is 1. The minimum Gasteiger partial charge on any atom is -0.510 e. The van der Waals surface area contributed by atoms with Crippen molar-refractivity contribution in [2.24, 2.45) is 46.2 Å². The lowest BCUT2D eigenvalue weighted by Crippen LogP contribution is -2.70. The van der Waals surface area contributed by atoms with E-state index in [1.807, 2.05) is 6.92 Å². The number of Topliss-reactive ketones (excluding diaryl/α,β-unsaturated/α-hetero) is 4. The fourth-order valence-electron chi connectivity index (χ4n) is 12.6. The first-order chi connectivity index (χ1) is 27.4. The van der Waals surface area contributed by atoms with Crippen molar-refractivity contribution in [3.63, 3.8) is 0 Å². The number of fused-ring (bicyclic) bond motifs is 8. The predicted molar refractivity (Wildman–Crippen MR) is 205 cm³/mol. The van der Waals surface area contributed by atoms with Crippen molar-refractivity contribution in [1.29, 1.82) is 0 Å². The number of hydrogen-bond donors (Lipinski definition) is 9. The standard InChI is InChI=1S/C22H24N2O9.C21H28O5/c1-21(32)7-5-4-6-8(25)9(7)15(26)10-12(21)17(28)13-14(24(2)3)16(27)11(20(23)31)19(30)22(13,33)18(10)29;1-19-7-5-13(23)9-12(19)3-4-14-15-6-8-21(26,17(25)11-22)20(15,2)10-16(24)18(14)19/h4-6,12-14,17,25,27-29,32-33H,1-3H3,(H2,23,31);9,14-15,18,22,26H,3-8,10-11H2,1-2H3/t12-,13-,14+,17+,21-,22+;14-,15-,18+,19-,20-,21-/m10/s1. The molecule has 59 heavy (non-hydrogen) atoms. The monoisotopic (exact) mass is 820 g/mol. The number of aromatic hydroxyl groups is 1. The Kier molecular flexibility index (Phi) is 9.90. The Morgan fingerprint density at radius 2 is 1.59 bits per heavy atom. The van der Waals surface area contributed by atoms with Gasteiger partial charge in [0.2, 0.25) is 5.78 Å². The number of hydrogen-bond acceptors (Lipinski definition) is 15. The van der Waals surface area contributed by atoms with Crippen LogP contribution in [0.2, 0.25) is 0 Å². The zero-order valence-corrected chi connectivity index (χ0v) is 33.6. The van der Waals surface area contributed by atoms with E-state index in [9.17, 15) is 69.6 Å². The summed E-state index contributed by atoms with van der Waals surface area (Å²) in [5.41, 5.74) is -3.43. The lowest BCUT2D eigenvalue weighted by Gasteiger charge is -2.57. The van der Waals surface area contributed by atoms with Crippen LogP contribution in [0.5, 0.6) is 5.75 Å². The Hall–Kier alpha value is -4.58. The van der Waals surface area contributed by atoms with E-state index in [2.05, 4.69) is 6.92 Å². The summed E-state index contributed by atoms with van der Waals surface area (Å²) < 4.78 is 0. The van der Waals surface area contributed by atoms with Gasteiger partial charge in [-0.3, -0.25) is 33.7 Å². The maximum atomic E-state index is 13.3. The third-order valence-corrected chi connectivity index (χ3v) is 15.4. The highest BCUT2D eigenvalue weighted by Crippen LogP contribution is 2.67. The molecule has 7 aliphatic carbocycles. The third kappa shape index (κ3) is 5.49.